The lowest BCUT2D eigenvalue weighted by atomic mass is 10.2. The lowest BCUT2D eigenvalue weighted by molar-refractivity contribution is -0.114. The van der Waals surface area contributed by atoms with Crippen molar-refractivity contribution in [3.63, 3.8) is 0 Å². The van der Waals surface area contributed by atoms with E-state index in [-0.39, 0.29) is 17.6 Å². The van der Waals surface area contributed by atoms with Gasteiger partial charge in [-0.3, -0.25) is 4.79 Å². The third-order valence-electron chi connectivity index (χ3n) is 3.12. The van der Waals surface area contributed by atoms with E-state index in [1.54, 1.807) is 23.5 Å². The zero-order chi connectivity index (χ0) is 15.4. The average molecular weight is 306 g/mol. The summed E-state index contributed by atoms with van der Waals surface area (Å²) in [5, 5.41) is 5.82. The molecule has 0 aliphatic carbocycles. The van der Waals surface area contributed by atoms with Crippen LogP contribution in [0.3, 0.4) is 0 Å². The molecule has 5 heteroatoms. The zero-order valence-electron chi connectivity index (χ0n) is 12.4. The van der Waals surface area contributed by atoms with Crippen molar-refractivity contribution in [1.82, 2.24) is 0 Å². The molecule has 1 atom stereocenters. The maximum absolute atomic E-state index is 13.6. The van der Waals surface area contributed by atoms with Gasteiger partial charge in [-0.2, -0.15) is 0 Å². The van der Waals surface area contributed by atoms with Crippen LogP contribution >= 0.6 is 11.3 Å². The van der Waals surface area contributed by atoms with Gasteiger partial charge in [0.1, 0.15) is 5.82 Å². The fourth-order valence-corrected chi connectivity index (χ4v) is 2.99. The lowest BCUT2D eigenvalue weighted by Gasteiger charge is -2.15. The minimum atomic E-state index is -0.437. The Morgan fingerprint density at radius 1 is 1.33 bits per heavy atom. The standard InChI is InChI=1S/C16H19FN2OS/c1-4-13-6-8-16(21-13)10(2)18-12-5-7-14(17)15(9-12)19-11(3)20/h5-10,18H,4H2,1-3H3,(H,19,20). The van der Waals surface area contributed by atoms with Crippen molar-refractivity contribution < 1.29 is 9.18 Å². The summed E-state index contributed by atoms with van der Waals surface area (Å²) in [6, 6.07) is 9.01. The molecule has 112 valence electrons. The fourth-order valence-electron chi connectivity index (χ4n) is 2.04. The van der Waals surface area contributed by atoms with Crippen LogP contribution in [0.5, 0.6) is 0 Å². The Kier molecular flexibility index (Phi) is 4.96. The van der Waals surface area contributed by atoms with E-state index in [1.165, 1.54) is 22.7 Å². The van der Waals surface area contributed by atoms with Gasteiger partial charge >= 0.3 is 0 Å². The second-order valence-corrected chi connectivity index (χ2v) is 6.10. The smallest absolute Gasteiger partial charge is 0.221 e. The lowest BCUT2D eigenvalue weighted by Crippen LogP contribution is -2.09. The van der Waals surface area contributed by atoms with Gasteiger partial charge in [-0.05, 0) is 43.7 Å². The molecule has 0 saturated heterocycles. The van der Waals surface area contributed by atoms with Gasteiger partial charge < -0.3 is 10.6 Å². The van der Waals surface area contributed by atoms with Crippen LogP contribution in [0.25, 0.3) is 0 Å². The molecule has 1 aromatic carbocycles. The molecule has 0 aliphatic rings. The summed E-state index contributed by atoms with van der Waals surface area (Å²) >= 11 is 1.77. The summed E-state index contributed by atoms with van der Waals surface area (Å²) in [7, 11) is 0. The van der Waals surface area contributed by atoms with Crippen LogP contribution in [0.2, 0.25) is 0 Å². The molecule has 0 fully saturated rings. The first-order valence-corrected chi connectivity index (χ1v) is 7.73. The molecular weight excluding hydrogens is 287 g/mol. The predicted octanol–water partition coefficient (Wildman–Crippen LogP) is 4.58. The zero-order valence-corrected chi connectivity index (χ0v) is 13.2. The summed E-state index contributed by atoms with van der Waals surface area (Å²) in [5.41, 5.74) is 0.972. The third kappa shape index (κ3) is 4.04. The third-order valence-corrected chi connectivity index (χ3v) is 4.53. The molecule has 2 aromatic rings. The fraction of sp³-hybridized carbons (Fsp3) is 0.312. The summed E-state index contributed by atoms with van der Waals surface area (Å²) < 4.78 is 13.6. The summed E-state index contributed by atoms with van der Waals surface area (Å²) in [6.07, 6.45) is 1.03. The minimum absolute atomic E-state index is 0.130. The van der Waals surface area contributed by atoms with Crippen LogP contribution < -0.4 is 10.6 Å². The quantitative estimate of drug-likeness (QED) is 0.849. The van der Waals surface area contributed by atoms with Crippen LogP contribution in [0, 0.1) is 5.82 Å². The number of amides is 1. The first kappa shape index (κ1) is 15.5. The van der Waals surface area contributed by atoms with E-state index in [2.05, 4.69) is 36.6 Å². The van der Waals surface area contributed by atoms with Crippen molar-refractivity contribution >= 4 is 28.6 Å². The molecule has 21 heavy (non-hydrogen) atoms. The molecule has 0 saturated carbocycles. The Hall–Kier alpha value is -1.88. The number of aryl methyl sites for hydroxylation is 1. The Labute approximate surface area is 128 Å². The second-order valence-electron chi connectivity index (χ2n) is 4.90. The van der Waals surface area contributed by atoms with Crippen molar-refractivity contribution in [2.45, 2.75) is 33.2 Å². The van der Waals surface area contributed by atoms with Crippen LogP contribution in [0.1, 0.15) is 36.6 Å². The highest BCUT2D eigenvalue weighted by atomic mass is 32.1. The number of hydrogen-bond donors (Lipinski definition) is 2. The molecule has 0 spiro atoms. The van der Waals surface area contributed by atoms with E-state index in [0.29, 0.717) is 0 Å². The molecule has 2 rings (SSSR count). The van der Waals surface area contributed by atoms with Crippen LogP contribution in [-0.2, 0) is 11.2 Å². The number of nitrogens with one attached hydrogen (secondary N) is 2. The molecule has 1 heterocycles. The van der Waals surface area contributed by atoms with Gasteiger partial charge in [-0.1, -0.05) is 6.92 Å². The molecule has 1 amide bonds. The molecular formula is C16H19FN2OS. The average Bonchev–Trinajstić information content (AvgIpc) is 2.91. The maximum Gasteiger partial charge on any atom is 0.221 e. The number of rotatable bonds is 5. The highest BCUT2D eigenvalue weighted by molar-refractivity contribution is 7.12. The molecule has 0 radical (unpaired) electrons. The van der Waals surface area contributed by atoms with Crippen LogP contribution in [-0.4, -0.2) is 5.91 Å². The first-order valence-electron chi connectivity index (χ1n) is 6.92. The number of thiophene rings is 1. The number of halogens is 1. The normalized spacial score (nSPS) is 12.0. The van der Waals surface area contributed by atoms with Crippen LogP contribution in [0.4, 0.5) is 15.8 Å². The van der Waals surface area contributed by atoms with E-state index in [9.17, 15) is 9.18 Å². The molecule has 3 nitrogen and oxygen atoms in total. The Morgan fingerprint density at radius 2 is 2.10 bits per heavy atom. The Bertz CT molecular complexity index is 639. The summed E-state index contributed by atoms with van der Waals surface area (Å²) in [4.78, 5) is 13.6. The number of anilines is 2. The minimum Gasteiger partial charge on any atom is -0.378 e. The maximum atomic E-state index is 13.6. The summed E-state index contributed by atoms with van der Waals surface area (Å²) in [6.45, 7) is 5.56. The number of hydrogen-bond acceptors (Lipinski definition) is 3. The molecule has 0 aliphatic heterocycles. The van der Waals surface area contributed by atoms with E-state index < -0.39 is 5.82 Å². The molecule has 2 N–H and O–H groups in total. The molecule has 0 bridgehead atoms. The van der Waals surface area contributed by atoms with E-state index >= 15 is 0 Å². The monoisotopic (exact) mass is 306 g/mol. The summed E-state index contributed by atoms with van der Waals surface area (Å²) in [5.74, 6) is -0.724. The number of benzene rings is 1. The van der Waals surface area contributed by atoms with Gasteiger partial charge in [0, 0.05) is 22.4 Å². The Balaban J connectivity index is 2.13. The van der Waals surface area contributed by atoms with Crippen molar-refractivity contribution in [2.75, 3.05) is 10.6 Å². The number of carbonyl (C=O) groups is 1. The topological polar surface area (TPSA) is 41.1 Å². The van der Waals surface area contributed by atoms with Gasteiger partial charge in [0.25, 0.3) is 0 Å². The van der Waals surface area contributed by atoms with Gasteiger partial charge in [0.05, 0.1) is 11.7 Å². The molecule has 1 unspecified atom stereocenters. The SMILES string of the molecule is CCc1ccc(C(C)Nc2ccc(F)c(NC(C)=O)c2)s1. The van der Waals surface area contributed by atoms with Gasteiger partial charge in [-0.25, -0.2) is 4.39 Å². The largest absolute Gasteiger partial charge is 0.378 e. The highest BCUT2D eigenvalue weighted by Gasteiger charge is 2.10. The van der Waals surface area contributed by atoms with E-state index in [4.69, 9.17) is 0 Å². The predicted molar refractivity (Wildman–Crippen MR) is 86.4 cm³/mol. The number of carbonyl (C=O) groups excluding carboxylic acids is 1. The highest BCUT2D eigenvalue weighted by Crippen LogP contribution is 2.28. The van der Waals surface area contributed by atoms with E-state index in [0.717, 1.165) is 12.1 Å². The van der Waals surface area contributed by atoms with Crippen molar-refractivity contribution in [1.29, 1.82) is 0 Å². The molecule has 1 aromatic heterocycles. The van der Waals surface area contributed by atoms with Crippen LogP contribution in [0.15, 0.2) is 30.3 Å². The Morgan fingerprint density at radius 3 is 2.71 bits per heavy atom. The van der Waals surface area contributed by atoms with Crippen molar-refractivity contribution in [3.05, 3.63) is 45.9 Å². The van der Waals surface area contributed by atoms with Gasteiger partial charge in [-0.15, -0.1) is 11.3 Å². The van der Waals surface area contributed by atoms with Gasteiger partial charge in [0.15, 0.2) is 0 Å². The van der Waals surface area contributed by atoms with Gasteiger partial charge in [0.2, 0.25) is 5.91 Å². The van der Waals surface area contributed by atoms with E-state index in [1.807, 2.05) is 0 Å². The first-order chi connectivity index (χ1) is 9.99. The van der Waals surface area contributed by atoms with Crippen molar-refractivity contribution in [3.8, 4) is 0 Å². The second kappa shape index (κ2) is 6.72. The van der Waals surface area contributed by atoms with Crippen molar-refractivity contribution in [2.24, 2.45) is 0 Å².